The average Bonchev–Trinajstić information content (AvgIpc) is 2.44. The molecule has 110 valence electrons. The van der Waals surface area contributed by atoms with E-state index in [2.05, 4.69) is 26.1 Å². The first-order chi connectivity index (χ1) is 9.93. The largest absolute Gasteiger partial charge is 0.497 e. The molecule has 2 aromatic rings. The third-order valence-electron chi connectivity index (χ3n) is 3.01. The van der Waals surface area contributed by atoms with Crippen molar-refractivity contribution in [1.82, 2.24) is 10.2 Å². The number of benzene rings is 1. The fraction of sp³-hybridized carbons (Fsp3) is 0.214. The molecule has 0 fully saturated rings. The molecule has 1 heterocycles. The zero-order chi connectivity index (χ0) is 15.6. The molecule has 2 N–H and O–H groups in total. The van der Waals surface area contributed by atoms with Crippen LogP contribution in [0.4, 0.5) is 0 Å². The van der Waals surface area contributed by atoms with E-state index in [9.17, 15) is 0 Å². The summed E-state index contributed by atoms with van der Waals surface area (Å²) in [7, 11) is 1.60. The lowest BCUT2D eigenvalue weighted by Gasteiger charge is -2.13. The molecular formula is C14H14BrN3O2S. The molecule has 0 spiro atoms. The van der Waals surface area contributed by atoms with Gasteiger partial charge in [0.25, 0.3) is 0 Å². The zero-order valence-corrected chi connectivity index (χ0v) is 14.2. The first kappa shape index (κ1) is 15.7. The van der Waals surface area contributed by atoms with Gasteiger partial charge in [-0.1, -0.05) is 12.2 Å². The number of methoxy groups -OCH3 is 1. The lowest BCUT2D eigenvalue weighted by Crippen LogP contribution is -2.15. The molecule has 0 aliphatic rings. The fourth-order valence-corrected chi connectivity index (χ4v) is 2.42. The SMILES string of the molecule is COc1ccc(Oc2nnc(C)c(C)c2C(N)=S)c(Br)c1. The maximum absolute atomic E-state index is 5.79. The van der Waals surface area contributed by atoms with E-state index in [0.717, 1.165) is 21.5 Å². The summed E-state index contributed by atoms with van der Waals surface area (Å²) >= 11 is 8.51. The molecule has 0 unspecified atom stereocenters. The van der Waals surface area contributed by atoms with E-state index in [0.29, 0.717) is 11.3 Å². The van der Waals surface area contributed by atoms with Gasteiger partial charge in [-0.25, -0.2) is 0 Å². The van der Waals surface area contributed by atoms with Crippen LogP contribution in [0.3, 0.4) is 0 Å². The van der Waals surface area contributed by atoms with Gasteiger partial charge in [-0.2, -0.15) is 5.10 Å². The van der Waals surface area contributed by atoms with Crippen molar-refractivity contribution in [1.29, 1.82) is 0 Å². The molecular weight excluding hydrogens is 354 g/mol. The Kier molecular flexibility index (Phi) is 4.74. The van der Waals surface area contributed by atoms with Crippen molar-refractivity contribution in [3.63, 3.8) is 0 Å². The number of thiocarbonyl (C=S) groups is 1. The predicted molar refractivity (Wildman–Crippen MR) is 88.2 cm³/mol. The van der Waals surface area contributed by atoms with Crippen molar-refractivity contribution in [2.24, 2.45) is 5.73 Å². The van der Waals surface area contributed by atoms with E-state index in [4.69, 9.17) is 27.4 Å². The first-order valence-corrected chi connectivity index (χ1v) is 7.29. The van der Waals surface area contributed by atoms with Crippen LogP contribution in [0.1, 0.15) is 16.8 Å². The van der Waals surface area contributed by atoms with Gasteiger partial charge < -0.3 is 15.2 Å². The molecule has 21 heavy (non-hydrogen) atoms. The molecule has 0 atom stereocenters. The summed E-state index contributed by atoms with van der Waals surface area (Å²) in [5.41, 5.74) is 7.99. The summed E-state index contributed by atoms with van der Waals surface area (Å²) in [4.78, 5) is 0.227. The van der Waals surface area contributed by atoms with Crippen LogP contribution in [-0.2, 0) is 0 Å². The molecule has 2 rings (SSSR count). The Labute approximate surface area is 136 Å². The molecule has 0 aliphatic heterocycles. The van der Waals surface area contributed by atoms with Gasteiger partial charge >= 0.3 is 0 Å². The smallest absolute Gasteiger partial charge is 0.249 e. The van der Waals surface area contributed by atoms with Crippen LogP contribution < -0.4 is 15.2 Å². The van der Waals surface area contributed by atoms with Crippen molar-refractivity contribution in [3.8, 4) is 17.4 Å². The minimum Gasteiger partial charge on any atom is -0.497 e. The summed E-state index contributed by atoms with van der Waals surface area (Å²) in [5.74, 6) is 1.58. The topological polar surface area (TPSA) is 70.3 Å². The summed E-state index contributed by atoms with van der Waals surface area (Å²) in [5, 5.41) is 8.10. The highest BCUT2D eigenvalue weighted by Gasteiger charge is 2.16. The number of halogens is 1. The third-order valence-corrected chi connectivity index (χ3v) is 3.84. The molecule has 0 radical (unpaired) electrons. The van der Waals surface area contributed by atoms with Gasteiger partial charge in [0.2, 0.25) is 5.88 Å². The van der Waals surface area contributed by atoms with E-state index in [1.807, 2.05) is 13.8 Å². The number of nitrogens with zero attached hydrogens (tertiary/aromatic N) is 2. The van der Waals surface area contributed by atoms with Crippen molar-refractivity contribution in [2.45, 2.75) is 13.8 Å². The summed E-state index contributed by atoms with van der Waals surface area (Å²) in [6, 6.07) is 5.35. The maximum atomic E-state index is 5.79. The van der Waals surface area contributed by atoms with Crippen LogP contribution in [0.15, 0.2) is 22.7 Å². The number of hydrogen-bond acceptors (Lipinski definition) is 5. The number of aromatic nitrogens is 2. The lowest BCUT2D eigenvalue weighted by atomic mass is 10.1. The highest BCUT2D eigenvalue weighted by atomic mass is 79.9. The second-order valence-electron chi connectivity index (χ2n) is 4.35. The normalized spacial score (nSPS) is 10.3. The first-order valence-electron chi connectivity index (χ1n) is 6.09. The van der Waals surface area contributed by atoms with Crippen LogP contribution in [0.25, 0.3) is 0 Å². The van der Waals surface area contributed by atoms with E-state index < -0.39 is 0 Å². The highest BCUT2D eigenvalue weighted by molar-refractivity contribution is 9.10. The minimum atomic E-state index is 0.227. The van der Waals surface area contributed by atoms with Gasteiger partial charge in [0.15, 0.2) is 0 Å². The number of nitrogens with two attached hydrogens (primary N) is 1. The minimum absolute atomic E-state index is 0.227. The molecule has 0 saturated carbocycles. The van der Waals surface area contributed by atoms with E-state index in [1.165, 1.54) is 0 Å². The van der Waals surface area contributed by atoms with Gasteiger partial charge in [-0.3, -0.25) is 0 Å². The molecule has 0 aliphatic carbocycles. The van der Waals surface area contributed by atoms with Crippen LogP contribution >= 0.6 is 28.1 Å². The van der Waals surface area contributed by atoms with Crippen LogP contribution in [-0.4, -0.2) is 22.3 Å². The monoisotopic (exact) mass is 367 g/mol. The van der Waals surface area contributed by atoms with Crippen molar-refractivity contribution in [3.05, 3.63) is 39.5 Å². The Bertz CT molecular complexity index is 707. The Morgan fingerprint density at radius 3 is 2.57 bits per heavy atom. The Morgan fingerprint density at radius 1 is 1.29 bits per heavy atom. The number of aryl methyl sites for hydroxylation is 1. The second kappa shape index (κ2) is 6.36. The van der Waals surface area contributed by atoms with Crippen LogP contribution in [0.2, 0.25) is 0 Å². The second-order valence-corrected chi connectivity index (χ2v) is 5.65. The third kappa shape index (κ3) is 3.30. The standard InChI is InChI=1S/C14H14BrN3O2S/c1-7-8(2)17-18-14(12(7)13(16)21)20-11-5-4-9(19-3)6-10(11)15/h4-6H,1-3H3,(H2,16,21). The van der Waals surface area contributed by atoms with Crippen LogP contribution in [0.5, 0.6) is 17.4 Å². The maximum Gasteiger partial charge on any atom is 0.249 e. The number of hydrogen-bond donors (Lipinski definition) is 1. The number of rotatable bonds is 4. The molecule has 7 heteroatoms. The summed E-state index contributed by atoms with van der Waals surface area (Å²) in [6.45, 7) is 3.73. The summed E-state index contributed by atoms with van der Waals surface area (Å²) < 4.78 is 11.7. The van der Waals surface area contributed by atoms with E-state index >= 15 is 0 Å². The molecule has 1 aromatic heterocycles. The highest BCUT2D eigenvalue weighted by Crippen LogP contribution is 2.33. The van der Waals surface area contributed by atoms with Crippen LogP contribution in [0, 0.1) is 13.8 Å². The molecule has 0 amide bonds. The van der Waals surface area contributed by atoms with E-state index in [-0.39, 0.29) is 10.9 Å². The Hall–Kier alpha value is -1.73. The van der Waals surface area contributed by atoms with Crippen molar-refractivity contribution < 1.29 is 9.47 Å². The molecule has 0 saturated heterocycles. The van der Waals surface area contributed by atoms with E-state index in [1.54, 1.807) is 25.3 Å². The molecule has 5 nitrogen and oxygen atoms in total. The van der Waals surface area contributed by atoms with Gasteiger partial charge in [-0.15, -0.1) is 5.10 Å². The number of ether oxygens (including phenoxy) is 2. The van der Waals surface area contributed by atoms with Crippen molar-refractivity contribution >= 4 is 33.1 Å². The Morgan fingerprint density at radius 2 is 2.00 bits per heavy atom. The lowest BCUT2D eigenvalue weighted by molar-refractivity contribution is 0.410. The predicted octanol–water partition coefficient (Wildman–Crippen LogP) is 3.29. The summed E-state index contributed by atoms with van der Waals surface area (Å²) in [6.07, 6.45) is 0. The average molecular weight is 368 g/mol. The quantitative estimate of drug-likeness (QED) is 0.836. The zero-order valence-electron chi connectivity index (χ0n) is 11.8. The van der Waals surface area contributed by atoms with Gasteiger partial charge in [-0.05, 0) is 53.5 Å². The Balaban J connectivity index is 2.45. The van der Waals surface area contributed by atoms with Gasteiger partial charge in [0.1, 0.15) is 16.5 Å². The van der Waals surface area contributed by atoms with Crippen molar-refractivity contribution in [2.75, 3.05) is 7.11 Å². The fourth-order valence-electron chi connectivity index (χ4n) is 1.74. The molecule has 1 aromatic carbocycles. The van der Waals surface area contributed by atoms with Gasteiger partial charge in [0.05, 0.1) is 22.8 Å². The molecule has 0 bridgehead atoms. The van der Waals surface area contributed by atoms with Gasteiger partial charge in [0, 0.05) is 0 Å².